The van der Waals surface area contributed by atoms with E-state index in [-0.39, 0.29) is 18.1 Å². The third kappa shape index (κ3) is 1.31. The van der Waals surface area contributed by atoms with Gasteiger partial charge in [-0.3, -0.25) is 4.40 Å². The van der Waals surface area contributed by atoms with Crippen LogP contribution in [0.3, 0.4) is 0 Å². The molecular formula is C9H9N3O3. The summed E-state index contributed by atoms with van der Waals surface area (Å²) in [5.74, 6) is -0.897. The van der Waals surface area contributed by atoms with Crippen LogP contribution in [0, 0.1) is 0 Å². The summed E-state index contributed by atoms with van der Waals surface area (Å²) < 4.78 is 1.32. The first-order valence-electron chi connectivity index (χ1n) is 4.28. The van der Waals surface area contributed by atoms with Gasteiger partial charge in [0.05, 0.1) is 12.1 Å². The molecule has 0 unspecified atom stereocenters. The van der Waals surface area contributed by atoms with Crippen molar-refractivity contribution < 1.29 is 15.0 Å². The molecule has 0 radical (unpaired) electrons. The molecule has 0 aliphatic rings. The van der Waals surface area contributed by atoms with E-state index >= 15 is 0 Å². The molecule has 2 aromatic rings. The van der Waals surface area contributed by atoms with Gasteiger partial charge in [-0.1, -0.05) is 6.07 Å². The predicted molar refractivity (Wildman–Crippen MR) is 51.7 cm³/mol. The minimum absolute atomic E-state index is 0.0615. The summed E-state index contributed by atoms with van der Waals surface area (Å²) >= 11 is 0. The molecule has 0 saturated heterocycles. The van der Waals surface area contributed by atoms with E-state index in [1.165, 1.54) is 10.5 Å². The van der Waals surface area contributed by atoms with Gasteiger partial charge in [-0.2, -0.15) is 0 Å². The number of carbonyl (C=O) groups is 1. The second kappa shape index (κ2) is 3.25. The molecule has 15 heavy (non-hydrogen) atoms. The van der Waals surface area contributed by atoms with Gasteiger partial charge >= 0.3 is 5.97 Å². The summed E-state index contributed by atoms with van der Waals surface area (Å²) in [4.78, 5) is 14.7. The van der Waals surface area contributed by atoms with Crippen LogP contribution in [-0.4, -0.2) is 25.6 Å². The summed E-state index contributed by atoms with van der Waals surface area (Å²) in [6, 6.07) is 4.56. The second-order valence-electron chi connectivity index (χ2n) is 2.99. The number of carboxylic acids is 1. The third-order valence-corrected chi connectivity index (χ3v) is 2.10. The van der Waals surface area contributed by atoms with Crippen molar-refractivity contribution in [2.75, 3.05) is 0 Å². The Labute approximate surface area is 84.6 Å². The van der Waals surface area contributed by atoms with E-state index in [4.69, 9.17) is 10.8 Å². The maximum absolute atomic E-state index is 10.9. The van der Waals surface area contributed by atoms with Crippen LogP contribution in [0.5, 0.6) is 5.88 Å². The lowest BCUT2D eigenvalue weighted by molar-refractivity contribution is 0.0693. The molecule has 6 heteroatoms. The zero-order chi connectivity index (χ0) is 11.0. The van der Waals surface area contributed by atoms with Crippen molar-refractivity contribution in [2.24, 2.45) is 5.73 Å². The number of imidazole rings is 1. The van der Waals surface area contributed by atoms with Crippen molar-refractivity contribution in [3.63, 3.8) is 0 Å². The molecular weight excluding hydrogens is 198 g/mol. The highest BCUT2D eigenvalue weighted by Gasteiger charge is 2.17. The first kappa shape index (κ1) is 9.47. The zero-order valence-electron chi connectivity index (χ0n) is 7.71. The van der Waals surface area contributed by atoms with Crippen molar-refractivity contribution in [2.45, 2.75) is 6.54 Å². The molecule has 6 nitrogen and oxygen atoms in total. The molecule has 2 aromatic heterocycles. The second-order valence-corrected chi connectivity index (χ2v) is 2.99. The number of nitrogens with two attached hydrogens (primary N) is 1. The van der Waals surface area contributed by atoms with Crippen molar-refractivity contribution in [3.05, 3.63) is 29.7 Å². The fraction of sp³-hybridized carbons (Fsp3) is 0.111. The van der Waals surface area contributed by atoms with Gasteiger partial charge in [0.15, 0.2) is 11.6 Å². The summed E-state index contributed by atoms with van der Waals surface area (Å²) in [6.07, 6.45) is 0. The highest BCUT2D eigenvalue weighted by Crippen LogP contribution is 2.19. The summed E-state index contributed by atoms with van der Waals surface area (Å²) in [7, 11) is 0. The Balaban J connectivity index is 2.87. The quantitative estimate of drug-likeness (QED) is 0.652. The van der Waals surface area contributed by atoms with E-state index in [1.807, 2.05) is 0 Å². The Morgan fingerprint density at radius 3 is 2.87 bits per heavy atom. The highest BCUT2D eigenvalue weighted by molar-refractivity contribution is 5.93. The Hall–Kier alpha value is -2.08. The van der Waals surface area contributed by atoms with Crippen LogP contribution in [0.25, 0.3) is 5.52 Å². The van der Waals surface area contributed by atoms with Crippen molar-refractivity contribution in [1.82, 2.24) is 9.38 Å². The van der Waals surface area contributed by atoms with Crippen LogP contribution in [0.4, 0.5) is 0 Å². The normalized spacial score (nSPS) is 10.7. The number of hydrogen-bond acceptors (Lipinski definition) is 4. The van der Waals surface area contributed by atoms with Crippen LogP contribution in [0.15, 0.2) is 18.2 Å². The molecule has 0 aromatic carbocycles. The molecule has 0 aliphatic carbocycles. The van der Waals surface area contributed by atoms with Crippen molar-refractivity contribution >= 4 is 11.5 Å². The number of hydrogen-bond donors (Lipinski definition) is 3. The van der Waals surface area contributed by atoms with Gasteiger partial charge in [0.1, 0.15) is 5.82 Å². The maximum atomic E-state index is 10.9. The minimum Gasteiger partial charge on any atom is -0.494 e. The minimum atomic E-state index is -1.14. The number of carboxylic acid groups (broad SMARTS) is 1. The molecule has 0 bridgehead atoms. The number of fused-ring (bicyclic) bond motifs is 1. The molecule has 2 heterocycles. The Morgan fingerprint density at radius 1 is 1.53 bits per heavy atom. The first-order valence-corrected chi connectivity index (χ1v) is 4.28. The van der Waals surface area contributed by atoms with Crippen LogP contribution in [-0.2, 0) is 6.54 Å². The molecule has 4 N–H and O–H groups in total. The number of rotatable bonds is 2. The van der Waals surface area contributed by atoms with E-state index in [2.05, 4.69) is 4.98 Å². The number of pyridine rings is 1. The molecule has 0 spiro atoms. The van der Waals surface area contributed by atoms with E-state index in [1.54, 1.807) is 12.1 Å². The smallest absolute Gasteiger partial charge is 0.356 e. The number of aromatic carboxylic acids is 1. The summed E-state index contributed by atoms with van der Waals surface area (Å²) in [5.41, 5.74) is 5.64. The Morgan fingerprint density at radius 2 is 2.27 bits per heavy atom. The standard InChI is InChI=1S/C9H9N3O3/c10-4-6-11-8(9(14)15)5-2-1-3-7(13)12(5)6/h1-3,13H,4,10H2,(H,14,15). The zero-order valence-corrected chi connectivity index (χ0v) is 7.71. The molecule has 0 atom stereocenters. The van der Waals surface area contributed by atoms with Gasteiger partial charge in [-0.05, 0) is 12.1 Å². The Bertz CT molecular complexity index is 533. The van der Waals surface area contributed by atoms with E-state index in [0.717, 1.165) is 0 Å². The molecule has 0 aliphatic heterocycles. The first-order chi connectivity index (χ1) is 7.15. The average Bonchev–Trinajstić information content (AvgIpc) is 2.58. The van der Waals surface area contributed by atoms with Gasteiger partial charge < -0.3 is 15.9 Å². The van der Waals surface area contributed by atoms with Crippen LogP contribution in [0.2, 0.25) is 0 Å². The SMILES string of the molecule is NCc1nc(C(=O)O)c2cccc(O)n12. The van der Waals surface area contributed by atoms with Crippen LogP contribution < -0.4 is 5.73 Å². The van der Waals surface area contributed by atoms with Gasteiger partial charge in [-0.25, -0.2) is 9.78 Å². The summed E-state index contributed by atoms with van der Waals surface area (Å²) in [6.45, 7) is 0.0615. The van der Waals surface area contributed by atoms with Crippen LogP contribution in [0.1, 0.15) is 16.3 Å². The lowest BCUT2D eigenvalue weighted by atomic mass is 10.3. The maximum Gasteiger partial charge on any atom is 0.356 e. The van der Waals surface area contributed by atoms with Gasteiger partial charge in [0.2, 0.25) is 0 Å². The molecule has 0 saturated carbocycles. The van der Waals surface area contributed by atoms with Crippen LogP contribution >= 0.6 is 0 Å². The lowest BCUT2D eigenvalue weighted by Gasteiger charge is -2.00. The van der Waals surface area contributed by atoms with Gasteiger partial charge in [0.25, 0.3) is 0 Å². The lowest BCUT2D eigenvalue weighted by Crippen LogP contribution is -2.02. The molecule has 78 valence electrons. The van der Waals surface area contributed by atoms with E-state index in [9.17, 15) is 9.90 Å². The van der Waals surface area contributed by atoms with Crippen molar-refractivity contribution in [3.8, 4) is 5.88 Å². The third-order valence-electron chi connectivity index (χ3n) is 2.10. The average molecular weight is 207 g/mol. The highest BCUT2D eigenvalue weighted by atomic mass is 16.4. The van der Waals surface area contributed by atoms with E-state index < -0.39 is 5.97 Å². The Kier molecular flexibility index (Phi) is 2.05. The molecule has 0 amide bonds. The fourth-order valence-corrected chi connectivity index (χ4v) is 1.48. The molecule has 2 rings (SSSR count). The molecule has 0 fully saturated rings. The van der Waals surface area contributed by atoms with E-state index in [0.29, 0.717) is 11.3 Å². The number of nitrogens with zero attached hydrogens (tertiary/aromatic N) is 2. The van der Waals surface area contributed by atoms with Gasteiger partial charge in [0, 0.05) is 0 Å². The van der Waals surface area contributed by atoms with Gasteiger partial charge in [-0.15, -0.1) is 0 Å². The number of aromatic hydroxyl groups is 1. The van der Waals surface area contributed by atoms with Crippen molar-refractivity contribution in [1.29, 1.82) is 0 Å². The number of aromatic nitrogens is 2. The topological polar surface area (TPSA) is 101 Å². The predicted octanol–water partition coefficient (Wildman–Crippen LogP) is 0.197. The monoisotopic (exact) mass is 207 g/mol. The fourth-order valence-electron chi connectivity index (χ4n) is 1.48. The largest absolute Gasteiger partial charge is 0.494 e. The summed E-state index contributed by atoms with van der Waals surface area (Å²) in [5, 5.41) is 18.4.